The van der Waals surface area contributed by atoms with Gasteiger partial charge in [-0.15, -0.1) is 0 Å². The Labute approximate surface area is 133 Å². The standard InChI is InChI=1S/C17H18N2O4/c1-6-10-9(3)15(20)19-12(10)7-11-8(2)13(17(22)23-5)18(4)14(11)16(19)21/h7H,6H2,1-5H3. The lowest BCUT2D eigenvalue weighted by molar-refractivity contribution is 0.0589. The van der Waals surface area contributed by atoms with Crippen LogP contribution in [0.25, 0.3) is 16.5 Å². The number of fused-ring (bicyclic) bond motifs is 2. The summed E-state index contributed by atoms with van der Waals surface area (Å²) in [5, 5.41) is 0.678. The first kappa shape index (κ1) is 15.3. The average molecular weight is 314 g/mol. The lowest BCUT2D eigenvalue weighted by Crippen LogP contribution is -2.27. The second-order valence-electron chi connectivity index (χ2n) is 5.72. The number of carbonyl (C=O) groups excluding carboxylic acids is 2. The molecule has 0 amide bonds. The van der Waals surface area contributed by atoms with Gasteiger partial charge in [0.15, 0.2) is 0 Å². The monoisotopic (exact) mass is 314 g/mol. The first-order chi connectivity index (χ1) is 10.8. The van der Waals surface area contributed by atoms with E-state index in [1.54, 1.807) is 20.9 Å². The number of ether oxygens (including phenoxy) is 1. The fourth-order valence-corrected chi connectivity index (χ4v) is 3.45. The molecule has 0 atom stereocenters. The van der Waals surface area contributed by atoms with Crippen LogP contribution in [0.1, 0.15) is 46.8 Å². The number of aromatic nitrogens is 2. The Balaban J connectivity index is 2.48. The SMILES string of the molecule is CCC1=C(C)C(=O)n2c1cc1c(C)c(C(=O)OC)n(C)c1c2=O. The summed E-state index contributed by atoms with van der Waals surface area (Å²) in [6.07, 6.45) is 0.665. The van der Waals surface area contributed by atoms with Gasteiger partial charge in [0.25, 0.3) is 11.5 Å². The molecule has 120 valence electrons. The van der Waals surface area contributed by atoms with E-state index in [0.29, 0.717) is 39.8 Å². The predicted octanol–water partition coefficient (Wildman–Crippen LogP) is 2.27. The van der Waals surface area contributed by atoms with Crippen molar-refractivity contribution in [1.82, 2.24) is 9.13 Å². The van der Waals surface area contributed by atoms with Crippen LogP contribution in [0.4, 0.5) is 0 Å². The summed E-state index contributed by atoms with van der Waals surface area (Å²) in [6.45, 7) is 5.48. The summed E-state index contributed by atoms with van der Waals surface area (Å²) in [5.41, 5.74) is 3.05. The Morgan fingerprint density at radius 2 is 1.91 bits per heavy atom. The van der Waals surface area contributed by atoms with Crippen LogP contribution in [0.5, 0.6) is 0 Å². The van der Waals surface area contributed by atoms with Gasteiger partial charge in [-0.2, -0.15) is 0 Å². The molecule has 0 fully saturated rings. The minimum Gasteiger partial charge on any atom is -0.464 e. The highest BCUT2D eigenvalue weighted by atomic mass is 16.5. The summed E-state index contributed by atoms with van der Waals surface area (Å²) >= 11 is 0. The van der Waals surface area contributed by atoms with E-state index < -0.39 is 11.5 Å². The number of hydrogen-bond acceptors (Lipinski definition) is 4. The number of aryl methyl sites for hydroxylation is 2. The van der Waals surface area contributed by atoms with Crippen molar-refractivity contribution in [3.63, 3.8) is 0 Å². The molecule has 23 heavy (non-hydrogen) atoms. The highest BCUT2D eigenvalue weighted by Crippen LogP contribution is 2.32. The van der Waals surface area contributed by atoms with Gasteiger partial charge in [0.2, 0.25) is 0 Å². The number of allylic oxidation sites excluding steroid dienone is 2. The third-order valence-electron chi connectivity index (χ3n) is 4.63. The maximum Gasteiger partial charge on any atom is 0.354 e. The second-order valence-corrected chi connectivity index (χ2v) is 5.72. The molecule has 0 radical (unpaired) electrons. The van der Waals surface area contributed by atoms with Crippen LogP contribution in [0, 0.1) is 6.92 Å². The summed E-state index contributed by atoms with van der Waals surface area (Å²) < 4.78 is 7.52. The normalized spacial score (nSPS) is 13.9. The molecule has 1 aliphatic heterocycles. The summed E-state index contributed by atoms with van der Waals surface area (Å²) in [4.78, 5) is 37.3. The third-order valence-corrected chi connectivity index (χ3v) is 4.63. The van der Waals surface area contributed by atoms with E-state index >= 15 is 0 Å². The number of carbonyl (C=O) groups is 2. The number of pyridine rings is 1. The van der Waals surface area contributed by atoms with E-state index in [9.17, 15) is 14.4 Å². The first-order valence-electron chi connectivity index (χ1n) is 7.43. The smallest absolute Gasteiger partial charge is 0.354 e. The quantitative estimate of drug-likeness (QED) is 0.797. The van der Waals surface area contributed by atoms with E-state index in [0.717, 1.165) is 5.57 Å². The van der Waals surface area contributed by atoms with Crippen molar-refractivity contribution >= 4 is 28.4 Å². The summed E-state index contributed by atoms with van der Waals surface area (Å²) in [7, 11) is 2.94. The summed E-state index contributed by atoms with van der Waals surface area (Å²) in [5.74, 6) is -0.790. The molecular formula is C17H18N2O4. The van der Waals surface area contributed by atoms with Crippen LogP contribution in [0.15, 0.2) is 16.4 Å². The number of rotatable bonds is 2. The molecule has 6 heteroatoms. The zero-order chi connectivity index (χ0) is 17.0. The molecule has 0 N–H and O–H groups in total. The highest BCUT2D eigenvalue weighted by Gasteiger charge is 2.30. The molecule has 1 aliphatic rings. The molecular weight excluding hydrogens is 296 g/mol. The second kappa shape index (κ2) is 4.94. The van der Waals surface area contributed by atoms with Gasteiger partial charge < -0.3 is 9.30 Å². The molecule has 0 saturated carbocycles. The molecule has 0 saturated heterocycles. The van der Waals surface area contributed by atoms with Gasteiger partial charge in [0.05, 0.1) is 12.8 Å². The van der Waals surface area contributed by atoms with Gasteiger partial charge >= 0.3 is 5.97 Å². The van der Waals surface area contributed by atoms with Crippen LogP contribution in [-0.2, 0) is 11.8 Å². The van der Waals surface area contributed by atoms with Gasteiger partial charge in [-0.25, -0.2) is 9.36 Å². The zero-order valence-electron chi connectivity index (χ0n) is 13.8. The first-order valence-corrected chi connectivity index (χ1v) is 7.43. The van der Waals surface area contributed by atoms with Gasteiger partial charge in [0.1, 0.15) is 11.2 Å². The predicted molar refractivity (Wildman–Crippen MR) is 86.8 cm³/mol. The fourth-order valence-electron chi connectivity index (χ4n) is 3.45. The Hall–Kier alpha value is -2.63. The van der Waals surface area contributed by atoms with E-state index in [4.69, 9.17) is 4.74 Å². The minimum atomic E-state index is -0.500. The van der Waals surface area contributed by atoms with Crippen LogP contribution in [0.2, 0.25) is 0 Å². The lowest BCUT2D eigenvalue weighted by Gasteiger charge is -2.06. The molecule has 2 aromatic heterocycles. The topological polar surface area (TPSA) is 70.3 Å². The van der Waals surface area contributed by atoms with Crippen LogP contribution >= 0.6 is 0 Å². The number of esters is 1. The maximum atomic E-state index is 12.9. The van der Waals surface area contributed by atoms with Crippen molar-refractivity contribution < 1.29 is 14.3 Å². The van der Waals surface area contributed by atoms with Crippen LogP contribution < -0.4 is 5.56 Å². The largest absolute Gasteiger partial charge is 0.464 e. The molecule has 0 aliphatic carbocycles. The zero-order valence-corrected chi connectivity index (χ0v) is 13.8. The van der Waals surface area contributed by atoms with Gasteiger partial charge in [-0.05, 0) is 37.5 Å². The van der Waals surface area contributed by atoms with Gasteiger partial charge in [0, 0.05) is 18.0 Å². The highest BCUT2D eigenvalue weighted by molar-refractivity contribution is 6.10. The molecule has 0 spiro atoms. The molecule has 0 bridgehead atoms. The fraction of sp³-hybridized carbons (Fsp3) is 0.353. The van der Waals surface area contributed by atoms with Gasteiger partial charge in [-0.1, -0.05) is 6.92 Å². The molecule has 3 heterocycles. The number of nitrogens with zero attached hydrogens (tertiary/aromatic N) is 2. The van der Waals surface area contributed by atoms with Crippen molar-refractivity contribution in [2.75, 3.05) is 7.11 Å². The average Bonchev–Trinajstić information content (AvgIpc) is 2.92. The van der Waals surface area contributed by atoms with Crippen molar-refractivity contribution in [2.45, 2.75) is 27.2 Å². The van der Waals surface area contributed by atoms with Crippen molar-refractivity contribution in [2.24, 2.45) is 7.05 Å². The number of methoxy groups -OCH3 is 1. The molecule has 3 rings (SSSR count). The number of hydrogen-bond donors (Lipinski definition) is 0. The van der Waals surface area contributed by atoms with Crippen molar-refractivity contribution in [1.29, 1.82) is 0 Å². The van der Waals surface area contributed by atoms with E-state index in [-0.39, 0.29) is 5.91 Å². The maximum absolute atomic E-state index is 12.9. The Kier molecular flexibility index (Phi) is 3.28. The Morgan fingerprint density at radius 1 is 1.26 bits per heavy atom. The van der Waals surface area contributed by atoms with Crippen molar-refractivity contribution in [3.05, 3.63) is 38.9 Å². The summed E-state index contributed by atoms with van der Waals surface area (Å²) in [6, 6.07) is 1.83. The van der Waals surface area contributed by atoms with E-state index in [2.05, 4.69) is 0 Å². The Morgan fingerprint density at radius 3 is 2.48 bits per heavy atom. The molecule has 0 aromatic carbocycles. The Bertz CT molecular complexity index is 973. The lowest BCUT2D eigenvalue weighted by atomic mass is 10.0. The van der Waals surface area contributed by atoms with E-state index in [1.165, 1.54) is 16.2 Å². The van der Waals surface area contributed by atoms with Crippen LogP contribution in [-0.4, -0.2) is 28.1 Å². The minimum absolute atomic E-state index is 0.290. The van der Waals surface area contributed by atoms with Gasteiger partial charge in [-0.3, -0.25) is 9.59 Å². The third kappa shape index (κ3) is 1.78. The molecule has 0 unspecified atom stereocenters. The van der Waals surface area contributed by atoms with E-state index in [1.807, 2.05) is 13.0 Å². The molecule has 2 aromatic rings. The van der Waals surface area contributed by atoms with Crippen LogP contribution in [0.3, 0.4) is 0 Å². The van der Waals surface area contributed by atoms with Crippen molar-refractivity contribution in [3.8, 4) is 0 Å². The molecule has 6 nitrogen and oxygen atoms in total.